The molecular weight excluding hydrogens is 256 g/mol. The number of hydrogen-bond acceptors (Lipinski definition) is 4. The van der Waals surface area contributed by atoms with Gasteiger partial charge in [-0.25, -0.2) is 0 Å². The average molecular weight is 278 g/mol. The van der Waals surface area contributed by atoms with Crippen LogP contribution in [0.15, 0.2) is 0 Å². The quantitative estimate of drug-likeness (QED) is 0.863. The third kappa shape index (κ3) is 2.45. The normalized spacial score (nSPS) is 20.7. The van der Waals surface area contributed by atoms with Crippen LogP contribution >= 0.6 is 0 Å². The summed E-state index contributed by atoms with van der Waals surface area (Å²) in [4.78, 5) is 16.2. The molecule has 3 heterocycles. The predicted octanol–water partition coefficient (Wildman–Crippen LogP) is 0.649. The topological polar surface area (TPSA) is 61.5 Å². The maximum atomic E-state index is 12.2. The molecule has 1 aromatic heterocycles. The number of nitrogens with zero attached hydrogens (tertiary/aromatic N) is 3. The fraction of sp³-hybridized carbons (Fsp3) is 0.714. The number of amides is 1. The molecule has 0 aliphatic carbocycles. The Kier molecular flexibility index (Phi) is 3.76. The Hall–Kier alpha value is -1.40. The minimum Gasteiger partial charge on any atom is -0.381 e. The molecule has 2 aliphatic heterocycles. The summed E-state index contributed by atoms with van der Waals surface area (Å²) in [5.41, 5.74) is 2.79. The fourth-order valence-corrected chi connectivity index (χ4v) is 3.07. The highest BCUT2D eigenvalue weighted by Crippen LogP contribution is 2.25. The van der Waals surface area contributed by atoms with Crippen molar-refractivity contribution in [1.29, 1.82) is 0 Å². The van der Waals surface area contributed by atoms with Gasteiger partial charge in [0.15, 0.2) is 5.69 Å². The third-order valence-electron chi connectivity index (χ3n) is 4.28. The summed E-state index contributed by atoms with van der Waals surface area (Å²) < 4.78 is 5.43. The number of H-pyrrole nitrogens is 1. The van der Waals surface area contributed by atoms with Gasteiger partial charge in [0.25, 0.3) is 5.91 Å². The Bertz CT molecular complexity index is 491. The van der Waals surface area contributed by atoms with Crippen molar-refractivity contribution >= 4 is 5.91 Å². The lowest BCUT2D eigenvalue weighted by Gasteiger charge is -2.36. The maximum Gasteiger partial charge on any atom is 0.274 e. The molecule has 1 saturated heterocycles. The third-order valence-corrected chi connectivity index (χ3v) is 4.28. The van der Waals surface area contributed by atoms with Crippen LogP contribution in [-0.4, -0.2) is 65.8 Å². The lowest BCUT2D eigenvalue weighted by Crippen LogP contribution is -2.42. The van der Waals surface area contributed by atoms with Crippen LogP contribution < -0.4 is 0 Å². The Morgan fingerprint density at radius 3 is 2.85 bits per heavy atom. The van der Waals surface area contributed by atoms with Crippen LogP contribution in [0.1, 0.15) is 34.6 Å². The van der Waals surface area contributed by atoms with Crippen LogP contribution in [0.25, 0.3) is 0 Å². The number of aromatic nitrogens is 2. The first kappa shape index (κ1) is 13.6. The second kappa shape index (κ2) is 5.54. The Balaban J connectivity index is 1.79. The molecule has 0 aromatic carbocycles. The molecule has 6 nitrogen and oxygen atoms in total. The molecule has 1 fully saturated rings. The molecular formula is C14H22N4O2. The molecule has 0 bridgehead atoms. The van der Waals surface area contributed by atoms with E-state index >= 15 is 0 Å². The van der Waals surface area contributed by atoms with Crippen molar-refractivity contribution in [2.75, 3.05) is 33.9 Å². The van der Waals surface area contributed by atoms with Gasteiger partial charge in [0.05, 0.1) is 0 Å². The highest BCUT2D eigenvalue weighted by atomic mass is 16.5. The van der Waals surface area contributed by atoms with Gasteiger partial charge < -0.3 is 9.64 Å². The van der Waals surface area contributed by atoms with Crippen LogP contribution in [-0.2, 0) is 17.7 Å². The number of aromatic amines is 1. The van der Waals surface area contributed by atoms with Crippen molar-refractivity contribution in [2.24, 2.45) is 0 Å². The van der Waals surface area contributed by atoms with Gasteiger partial charge in [-0.15, -0.1) is 0 Å². The number of carbonyl (C=O) groups excluding carboxylic acids is 1. The van der Waals surface area contributed by atoms with E-state index in [1.54, 1.807) is 19.0 Å². The second-order valence-corrected chi connectivity index (χ2v) is 5.79. The molecule has 0 spiro atoms. The van der Waals surface area contributed by atoms with Crippen molar-refractivity contribution < 1.29 is 9.53 Å². The Morgan fingerprint density at radius 1 is 1.40 bits per heavy atom. The summed E-state index contributed by atoms with van der Waals surface area (Å²) in [6, 6.07) is 0.578. The van der Waals surface area contributed by atoms with Crippen molar-refractivity contribution in [3.8, 4) is 0 Å². The van der Waals surface area contributed by atoms with E-state index in [0.29, 0.717) is 11.7 Å². The second-order valence-electron chi connectivity index (χ2n) is 5.79. The van der Waals surface area contributed by atoms with Crippen molar-refractivity contribution in [2.45, 2.75) is 31.8 Å². The standard InChI is InChI=1S/C14H22N4O2/c1-17(2)14(19)13-11-9-18(6-3-12(11)15-16-13)10-4-7-20-8-5-10/h10H,3-9H2,1-2H3,(H,15,16). The first-order valence-corrected chi connectivity index (χ1v) is 7.26. The van der Waals surface area contributed by atoms with E-state index in [-0.39, 0.29) is 5.91 Å². The van der Waals surface area contributed by atoms with Gasteiger partial charge in [0, 0.05) is 64.1 Å². The molecule has 0 unspecified atom stereocenters. The molecule has 0 atom stereocenters. The zero-order valence-corrected chi connectivity index (χ0v) is 12.2. The van der Waals surface area contributed by atoms with E-state index < -0.39 is 0 Å². The fourth-order valence-electron chi connectivity index (χ4n) is 3.07. The molecule has 110 valence electrons. The van der Waals surface area contributed by atoms with E-state index in [1.165, 1.54) is 0 Å². The van der Waals surface area contributed by atoms with Gasteiger partial charge in [0.1, 0.15) is 0 Å². The zero-order valence-electron chi connectivity index (χ0n) is 12.2. The molecule has 0 saturated carbocycles. The van der Waals surface area contributed by atoms with Crippen molar-refractivity contribution in [3.63, 3.8) is 0 Å². The summed E-state index contributed by atoms with van der Waals surface area (Å²) >= 11 is 0. The summed E-state index contributed by atoms with van der Waals surface area (Å²) in [7, 11) is 3.53. The zero-order chi connectivity index (χ0) is 14.1. The number of nitrogens with one attached hydrogen (secondary N) is 1. The maximum absolute atomic E-state index is 12.2. The van der Waals surface area contributed by atoms with Gasteiger partial charge >= 0.3 is 0 Å². The first-order valence-electron chi connectivity index (χ1n) is 7.26. The van der Waals surface area contributed by atoms with Crippen LogP contribution in [0.5, 0.6) is 0 Å². The van der Waals surface area contributed by atoms with Crippen LogP contribution in [0.3, 0.4) is 0 Å². The summed E-state index contributed by atoms with van der Waals surface area (Å²) in [6.45, 7) is 3.56. The van der Waals surface area contributed by atoms with E-state index in [1.807, 2.05) is 0 Å². The van der Waals surface area contributed by atoms with Crippen LogP contribution in [0, 0.1) is 0 Å². The van der Waals surface area contributed by atoms with Crippen LogP contribution in [0.4, 0.5) is 0 Å². The SMILES string of the molecule is CN(C)C(=O)c1n[nH]c2c1CN(C1CCOCC1)CC2. The Morgan fingerprint density at radius 2 is 2.15 bits per heavy atom. The van der Waals surface area contributed by atoms with E-state index in [0.717, 1.165) is 56.8 Å². The summed E-state index contributed by atoms with van der Waals surface area (Å²) in [6.07, 6.45) is 3.12. The van der Waals surface area contributed by atoms with Gasteiger partial charge in [0.2, 0.25) is 0 Å². The Labute approximate surface area is 119 Å². The molecule has 2 aliphatic rings. The predicted molar refractivity (Wildman–Crippen MR) is 74.6 cm³/mol. The lowest BCUT2D eigenvalue weighted by molar-refractivity contribution is 0.0288. The molecule has 1 N–H and O–H groups in total. The number of fused-ring (bicyclic) bond motifs is 1. The minimum absolute atomic E-state index is 0.0173. The summed E-state index contributed by atoms with van der Waals surface area (Å²) in [5.74, 6) is -0.0173. The van der Waals surface area contributed by atoms with Crippen LogP contribution in [0.2, 0.25) is 0 Å². The highest BCUT2D eigenvalue weighted by molar-refractivity contribution is 5.93. The van der Waals surface area contributed by atoms with E-state index in [2.05, 4.69) is 15.1 Å². The monoisotopic (exact) mass is 278 g/mol. The number of ether oxygens (including phenoxy) is 1. The van der Waals surface area contributed by atoms with Gasteiger partial charge in [-0.2, -0.15) is 5.10 Å². The molecule has 1 aromatic rings. The van der Waals surface area contributed by atoms with Crippen molar-refractivity contribution in [3.05, 3.63) is 17.0 Å². The molecule has 20 heavy (non-hydrogen) atoms. The first-order chi connectivity index (χ1) is 9.66. The number of carbonyl (C=O) groups is 1. The van der Waals surface area contributed by atoms with Gasteiger partial charge in [-0.1, -0.05) is 0 Å². The van der Waals surface area contributed by atoms with Crippen molar-refractivity contribution in [1.82, 2.24) is 20.0 Å². The van der Waals surface area contributed by atoms with Gasteiger partial charge in [-0.05, 0) is 12.8 Å². The largest absolute Gasteiger partial charge is 0.381 e. The van der Waals surface area contributed by atoms with E-state index in [4.69, 9.17) is 4.74 Å². The smallest absolute Gasteiger partial charge is 0.274 e. The number of hydrogen-bond donors (Lipinski definition) is 1. The van der Waals surface area contributed by atoms with E-state index in [9.17, 15) is 4.79 Å². The summed E-state index contributed by atoms with van der Waals surface area (Å²) in [5, 5.41) is 7.27. The van der Waals surface area contributed by atoms with Gasteiger partial charge in [-0.3, -0.25) is 14.8 Å². The molecule has 0 radical (unpaired) electrons. The average Bonchev–Trinajstić information content (AvgIpc) is 2.90. The molecule has 1 amide bonds. The molecule has 3 rings (SSSR count). The lowest BCUT2D eigenvalue weighted by atomic mass is 9.99. The minimum atomic E-state index is -0.0173. The molecule has 6 heteroatoms. The highest BCUT2D eigenvalue weighted by Gasteiger charge is 2.30. The number of rotatable bonds is 2.